The fraction of sp³-hybridized carbons (Fsp3) is 0.333. The number of dihydropyridines is 1. The van der Waals surface area contributed by atoms with Crippen molar-refractivity contribution < 1.29 is 19.2 Å². The van der Waals surface area contributed by atoms with Gasteiger partial charge in [-0.25, -0.2) is 4.79 Å². The average molecular weight is 342 g/mol. The Kier molecular flexibility index (Phi) is 4.39. The number of Topliss-reactive ketones (excluding diaryl/α,β-unsaturated/α-hetero) is 1. The number of nitro benzene ring substituents is 1. The van der Waals surface area contributed by atoms with Crippen molar-refractivity contribution in [3.63, 3.8) is 0 Å². The van der Waals surface area contributed by atoms with Gasteiger partial charge in [0, 0.05) is 35.0 Å². The van der Waals surface area contributed by atoms with Gasteiger partial charge in [0.1, 0.15) is 0 Å². The second-order valence-corrected chi connectivity index (χ2v) is 6.07. The first-order valence-electron chi connectivity index (χ1n) is 8.01. The summed E-state index contributed by atoms with van der Waals surface area (Å²) in [7, 11) is 1.26. The highest BCUT2D eigenvalue weighted by atomic mass is 16.6. The van der Waals surface area contributed by atoms with Crippen molar-refractivity contribution in [3.05, 3.63) is 62.5 Å². The highest BCUT2D eigenvalue weighted by Gasteiger charge is 2.41. The number of hydrogen-bond donors (Lipinski definition) is 1. The Morgan fingerprint density at radius 1 is 1.32 bits per heavy atom. The van der Waals surface area contributed by atoms with Crippen LogP contribution in [0.4, 0.5) is 5.69 Å². The Hall–Kier alpha value is -2.96. The van der Waals surface area contributed by atoms with Crippen LogP contribution < -0.4 is 5.32 Å². The number of nitrogens with one attached hydrogen (secondary N) is 1. The number of hydrogen-bond acceptors (Lipinski definition) is 6. The number of methoxy groups -OCH3 is 1. The van der Waals surface area contributed by atoms with Crippen molar-refractivity contribution in [1.82, 2.24) is 5.32 Å². The first-order chi connectivity index (χ1) is 12.0. The largest absolute Gasteiger partial charge is 0.466 e. The van der Waals surface area contributed by atoms with Crippen LogP contribution in [0.2, 0.25) is 0 Å². The molecule has 0 bridgehead atoms. The number of carbonyl (C=O) groups is 2. The number of benzene rings is 1. The van der Waals surface area contributed by atoms with E-state index >= 15 is 0 Å². The van der Waals surface area contributed by atoms with E-state index in [1.807, 2.05) is 0 Å². The maximum Gasteiger partial charge on any atom is 0.336 e. The van der Waals surface area contributed by atoms with Crippen LogP contribution in [-0.2, 0) is 14.3 Å². The van der Waals surface area contributed by atoms with Gasteiger partial charge < -0.3 is 10.1 Å². The Bertz CT molecular complexity index is 838. The number of carbonyl (C=O) groups excluding carboxylic acids is 2. The fourth-order valence-electron chi connectivity index (χ4n) is 3.57. The summed E-state index contributed by atoms with van der Waals surface area (Å²) >= 11 is 0. The predicted molar refractivity (Wildman–Crippen MR) is 89.6 cm³/mol. The number of rotatable bonds is 3. The molecule has 1 aromatic carbocycles. The minimum absolute atomic E-state index is 0.0918. The molecule has 1 heterocycles. The number of ketones is 1. The quantitative estimate of drug-likeness (QED) is 0.515. The Morgan fingerprint density at radius 2 is 2.04 bits per heavy atom. The predicted octanol–water partition coefficient (Wildman–Crippen LogP) is 2.74. The van der Waals surface area contributed by atoms with Crippen LogP contribution in [0.5, 0.6) is 0 Å². The minimum atomic E-state index is -0.793. The molecule has 7 nitrogen and oxygen atoms in total. The molecule has 0 saturated heterocycles. The van der Waals surface area contributed by atoms with Crippen LogP contribution in [0, 0.1) is 10.1 Å². The van der Waals surface area contributed by atoms with Crippen molar-refractivity contribution in [1.29, 1.82) is 0 Å². The first-order valence-corrected chi connectivity index (χ1v) is 8.01. The Morgan fingerprint density at radius 3 is 2.72 bits per heavy atom. The van der Waals surface area contributed by atoms with Gasteiger partial charge in [-0.05, 0) is 19.8 Å². The SMILES string of the molecule is COC(=O)C1=C(C)NC2=C(C(=O)CCC2)[C@H]1c1ccccc1[N+](=O)[O-]. The lowest BCUT2D eigenvalue weighted by Gasteiger charge is -2.33. The van der Waals surface area contributed by atoms with E-state index in [1.165, 1.54) is 13.2 Å². The second kappa shape index (κ2) is 6.51. The molecule has 25 heavy (non-hydrogen) atoms. The zero-order chi connectivity index (χ0) is 18.1. The maximum absolute atomic E-state index is 12.6. The van der Waals surface area contributed by atoms with Gasteiger partial charge in [0.2, 0.25) is 0 Å². The fourth-order valence-corrected chi connectivity index (χ4v) is 3.57. The van der Waals surface area contributed by atoms with Gasteiger partial charge in [-0.3, -0.25) is 14.9 Å². The highest BCUT2D eigenvalue weighted by Crippen LogP contribution is 2.44. The zero-order valence-corrected chi connectivity index (χ0v) is 14.0. The molecule has 1 N–H and O–H groups in total. The van der Waals surface area contributed by atoms with Gasteiger partial charge in [-0.2, -0.15) is 0 Å². The van der Waals surface area contributed by atoms with Crippen molar-refractivity contribution in [2.45, 2.75) is 32.1 Å². The van der Waals surface area contributed by atoms with Crippen LogP contribution in [0.15, 0.2) is 46.8 Å². The zero-order valence-electron chi connectivity index (χ0n) is 14.0. The van der Waals surface area contributed by atoms with Gasteiger partial charge in [-0.1, -0.05) is 18.2 Å². The summed E-state index contributed by atoms with van der Waals surface area (Å²) in [6, 6.07) is 6.21. The first kappa shape index (κ1) is 16.9. The third kappa shape index (κ3) is 2.82. The van der Waals surface area contributed by atoms with E-state index in [1.54, 1.807) is 25.1 Å². The third-order valence-corrected chi connectivity index (χ3v) is 4.63. The van der Waals surface area contributed by atoms with Crippen molar-refractivity contribution in [3.8, 4) is 0 Å². The molecule has 0 aromatic heterocycles. The molecule has 1 aliphatic heterocycles. The van der Waals surface area contributed by atoms with Crippen LogP contribution in [0.1, 0.15) is 37.7 Å². The van der Waals surface area contributed by atoms with Crippen LogP contribution in [0.25, 0.3) is 0 Å². The van der Waals surface area contributed by atoms with Crippen LogP contribution in [-0.4, -0.2) is 23.8 Å². The molecule has 0 unspecified atom stereocenters. The molecule has 0 radical (unpaired) electrons. The summed E-state index contributed by atoms with van der Waals surface area (Å²) in [5.74, 6) is -1.48. The van der Waals surface area contributed by atoms with Crippen molar-refractivity contribution in [2.75, 3.05) is 7.11 Å². The number of esters is 1. The number of nitro groups is 1. The van der Waals surface area contributed by atoms with Gasteiger partial charge in [0.05, 0.1) is 23.5 Å². The van der Waals surface area contributed by atoms with E-state index in [2.05, 4.69) is 5.32 Å². The standard InChI is InChI=1S/C18H18N2O5/c1-10-15(18(22)25-2)16(11-6-3-4-8-13(11)20(23)24)17-12(19-10)7-5-9-14(17)21/h3-4,6,8,16,19H,5,7,9H2,1-2H3/t16-/m0/s1. The molecule has 1 atom stereocenters. The minimum Gasteiger partial charge on any atom is -0.466 e. The lowest BCUT2D eigenvalue weighted by molar-refractivity contribution is -0.385. The van der Waals surface area contributed by atoms with Crippen molar-refractivity contribution >= 4 is 17.4 Å². The molecule has 0 saturated carbocycles. The summed E-state index contributed by atoms with van der Waals surface area (Å²) < 4.78 is 4.89. The van der Waals surface area contributed by atoms with E-state index in [9.17, 15) is 19.7 Å². The van der Waals surface area contributed by atoms with Gasteiger partial charge in [0.15, 0.2) is 5.78 Å². The van der Waals surface area contributed by atoms with Gasteiger partial charge in [-0.15, -0.1) is 0 Å². The summed E-state index contributed by atoms with van der Waals surface area (Å²) in [5.41, 5.74) is 2.19. The van der Waals surface area contributed by atoms with E-state index in [4.69, 9.17) is 4.74 Å². The Labute approximate surface area is 144 Å². The number of allylic oxidation sites excluding steroid dienone is 3. The third-order valence-electron chi connectivity index (χ3n) is 4.63. The smallest absolute Gasteiger partial charge is 0.336 e. The lowest BCUT2D eigenvalue weighted by Crippen LogP contribution is -2.34. The molecule has 130 valence electrons. The van der Waals surface area contributed by atoms with E-state index in [0.717, 1.165) is 12.1 Å². The highest BCUT2D eigenvalue weighted by molar-refractivity contribution is 6.04. The molecule has 1 aromatic rings. The molecule has 0 spiro atoms. The van der Waals surface area contributed by atoms with Gasteiger partial charge >= 0.3 is 5.97 Å². The van der Waals surface area contributed by atoms with Crippen LogP contribution >= 0.6 is 0 Å². The van der Waals surface area contributed by atoms with Crippen LogP contribution in [0.3, 0.4) is 0 Å². The molecule has 7 heteroatoms. The molecular formula is C18H18N2O5. The van der Waals surface area contributed by atoms with E-state index < -0.39 is 16.8 Å². The average Bonchev–Trinajstić information content (AvgIpc) is 2.60. The molecule has 1 aliphatic carbocycles. The summed E-state index contributed by atoms with van der Waals surface area (Å²) in [6.45, 7) is 1.72. The maximum atomic E-state index is 12.6. The Balaban J connectivity index is 2.28. The second-order valence-electron chi connectivity index (χ2n) is 6.07. The molecule has 3 rings (SSSR count). The van der Waals surface area contributed by atoms with E-state index in [0.29, 0.717) is 29.7 Å². The summed E-state index contributed by atoms with van der Waals surface area (Å²) in [5, 5.41) is 14.6. The summed E-state index contributed by atoms with van der Waals surface area (Å²) in [4.78, 5) is 36.0. The van der Waals surface area contributed by atoms with Crippen molar-refractivity contribution in [2.24, 2.45) is 0 Å². The number of ether oxygens (including phenoxy) is 1. The monoisotopic (exact) mass is 342 g/mol. The molecule has 2 aliphatic rings. The van der Waals surface area contributed by atoms with E-state index in [-0.39, 0.29) is 17.0 Å². The number of para-hydroxylation sites is 1. The molecular weight excluding hydrogens is 324 g/mol. The normalized spacial score (nSPS) is 20.1. The summed E-state index contributed by atoms with van der Waals surface area (Å²) in [6.07, 6.45) is 1.75. The molecule has 0 fully saturated rings. The molecule has 0 amide bonds. The number of nitrogens with zero attached hydrogens (tertiary/aromatic N) is 1. The lowest BCUT2D eigenvalue weighted by atomic mass is 9.75. The topological polar surface area (TPSA) is 98.5 Å². The van der Waals surface area contributed by atoms with Gasteiger partial charge in [0.25, 0.3) is 5.69 Å².